The van der Waals surface area contributed by atoms with Gasteiger partial charge in [0.05, 0.1) is 12.3 Å². The highest BCUT2D eigenvalue weighted by Gasteiger charge is 2.11. The fourth-order valence-electron chi connectivity index (χ4n) is 2.09. The molecule has 0 radical (unpaired) electrons. The normalized spacial score (nSPS) is 10.5. The van der Waals surface area contributed by atoms with E-state index >= 15 is 0 Å². The summed E-state index contributed by atoms with van der Waals surface area (Å²) >= 11 is 0. The smallest absolute Gasteiger partial charge is 0.346 e. The Morgan fingerprint density at radius 1 is 1.32 bits per heavy atom. The first kappa shape index (κ1) is 15.9. The second-order valence-corrected chi connectivity index (χ2v) is 5.05. The fraction of sp³-hybridized carbons (Fsp3) is 0.312. The number of aryl methyl sites for hydroxylation is 2. The number of carbonyl (C=O) groups excluding carboxylic acids is 1. The van der Waals surface area contributed by atoms with Crippen molar-refractivity contribution in [1.29, 1.82) is 0 Å². The molecule has 2 N–H and O–H groups in total. The van der Waals surface area contributed by atoms with Gasteiger partial charge in [-0.3, -0.25) is 4.79 Å². The molecule has 116 valence electrons. The van der Waals surface area contributed by atoms with Crippen molar-refractivity contribution in [3.8, 4) is 11.3 Å². The summed E-state index contributed by atoms with van der Waals surface area (Å²) in [5, 5.41) is 2.67. The van der Waals surface area contributed by atoms with E-state index in [2.05, 4.69) is 15.3 Å². The Kier molecular flexibility index (Phi) is 5.06. The average Bonchev–Trinajstić information content (AvgIpc) is 2.49. The summed E-state index contributed by atoms with van der Waals surface area (Å²) in [6.07, 6.45) is 0. The molecule has 0 aliphatic heterocycles. The van der Waals surface area contributed by atoms with Gasteiger partial charge >= 0.3 is 5.69 Å². The van der Waals surface area contributed by atoms with Crippen LogP contribution in [0.25, 0.3) is 11.3 Å². The third kappa shape index (κ3) is 3.79. The van der Waals surface area contributed by atoms with E-state index in [-0.39, 0.29) is 11.6 Å². The molecule has 22 heavy (non-hydrogen) atoms. The number of ether oxygens (including phenoxy) is 1. The molecule has 1 heterocycles. The van der Waals surface area contributed by atoms with Gasteiger partial charge in [-0.1, -0.05) is 17.7 Å². The highest BCUT2D eigenvalue weighted by molar-refractivity contribution is 5.93. The zero-order chi connectivity index (χ0) is 16.1. The largest absolute Gasteiger partial charge is 0.383 e. The van der Waals surface area contributed by atoms with Gasteiger partial charge in [0.1, 0.15) is 5.69 Å². The molecule has 0 aliphatic rings. The van der Waals surface area contributed by atoms with Crippen molar-refractivity contribution in [2.24, 2.45) is 0 Å². The van der Waals surface area contributed by atoms with Crippen LogP contribution in [0.1, 0.15) is 21.6 Å². The number of hydrogen-bond acceptors (Lipinski definition) is 4. The molecule has 0 aliphatic carbocycles. The van der Waals surface area contributed by atoms with Gasteiger partial charge in [0.25, 0.3) is 5.91 Å². The first-order chi connectivity index (χ1) is 10.5. The maximum atomic E-state index is 12.0. The Morgan fingerprint density at radius 3 is 2.82 bits per heavy atom. The van der Waals surface area contributed by atoms with Crippen LogP contribution in [0, 0.1) is 13.8 Å². The van der Waals surface area contributed by atoms with Gasteiger partial charge in [0, 0.05) is 19.2 Å². The first-order valence-corrected chi connectivity index (χ1v) is 6.97. The lowest BCUT2D eigenvalue weighted by atomic mass is 10.0. The average molecular weight is 301 g/mol. The summed E-state index contributed by atoms with van der Waals surface area (Å²) in [5.74, 6) is -0.358. The third-order valence-corrected chi connectivity index (χ3v) is 3.25. The van der Waals surface area contributed by atoms with Crippen LogP contribution in [0.2, 0.25) is 0 Å². The molecule has 0 unspecified atom stereocenters. The van der Waals surface area contributed by atoms with Crippen LogP contribution in [-0.2, 0) is 4.74 Å². The molecule has 2 aromatic rings. The lowest BCUT2D eigenvalue weighted by Crippen LogP contribution is -2.30. The molecule has 1 aromatic heterocycles. The van der Waals surface area contributed by atoms with Gasteiger partial charge in [0.2, 0.25) is 0 Å². The van der Waals surface area contributed by atoms with Crippen LogP contribution in [0.15, 0.2) is 29.1 Å². The second-order valence-electron chi connectivity index (χ2n) is 5.05. The number of aromatic nitrogens is 2. The summed E-state index contributed by atoms with van der Waals surface area (Å²) in [6, 6.07) is 7.49. The Balaban J connectivity index is 2.36. The van der Waals surface area contributed by atoms with E-state index in [0.717, 1.165) is 16.7 Å². The Morgan fingerprint density at radius 2 is 2.09 bits per heavy atom. The molecule has 0 atom stereocenters. The molecule has 6 nitrogen and oxygen atoms in total. The van der Waals surface area contributed by atoms with Crippen molar-refractivity contribution in [2.45, 2.75) is 13.8 Å². The van der Waals surface area contributed by atoms with Crippen molar-refractivity contribution in [1.82, 2.24) is 15.3 Å². The lowest BCUT2D eigenvalue weighted by molar-refractivity contribution is 0.0931. The Hall–Kier alpha value is -2.47. The number of methoxy groups -OCH3 is 1. The molecular formula is C16H19N3O3. The Labute approximate surface area is 128 Å². The van der Waals surface area contributed by atoms with Gasteiger partial charge in [0.15, 0.2) is 0 Å². The predicted octanol–water partition coefficient (Wildman–Crippen LogP) is 1.43. The van der Waals surface area contributed by atoms with Crippen molar-refractivity contribution in [3.63, 3.8) is 0 Å². The summed E-state index contributed by atoms with van der Waals surface area (Å²) < 4.78 is 4.87. The van der Waals surface area contributed by atoms with Gasteiger partial charge in [-0.25, -0.2) is 4.79 Å². The summed E-state index contributed by atoms with van der Waals surface area (Å²) in [6.45, 7) is 4.69. The SMILES string of the molecule is COCCNC(=O)c1cc(-c2cc(C)ccc2C)nc(=O)[nH]1. The van der Waals surface area contributed by atoms with Crippen LogP contribution >= 0.6 is 0 Å². The predicted molar refractivity (Wildman–Crippen MR) is 84.0 cm³/mol. The number of rotatable bonds is 5. The molecular weight excluding hydrogens is 282 g/mol. The topological polar surface area (TPSA) is 84.1 Å². The third-order valence-electron chi connectivity index (χ3n) is 3.25. The molecule has 6 heteroatoms. The molecule has 0 saturated carbocycles. The summed E-state index contributed by atoms with van der Waals surface area (Å²) in [7, 11) is 1.55. The van der Waals surface area contributed by atoms with Gasteiger partial charge < -0.3 is 15.0 Å². The molecule has 2 rings (SSSR count). The van der Waals surface area contributed by atoms with Crippen LogP contribution < -0.4 is 11.0 Å². The molecule has 1 aromatic carbocycles. The lowest BCUT2D eigenvalue weighted by Gasteiger charge is -2.08. The van der Waals surface area contributed by atoms with E-state index in [1.54, 1.807) is 13.2 Å². The maximum absolute atomic E-state index is 12.0. The minimum absolute atomic E-state index is 0.187. The maximum Gasteiger partial charge on any atom is 0.346 e. The second kappa shape index (κ2) is 7.00. The van der Waals surface area contributed by atoms with Gasteiger partial charge in [-0.15, -0.1) is 0 Å². The highest BCUT2D eigenvalue weighted by atomic mass is 16.5. The highest BCUT2D eigenvalue weighted by Crippen LogP contribution is 2.22. The number of aromatic amines is 1. The summed E-state index contributed by atoms with van der Waals surface area (Å²) in [5.41, 5.74) is 3.03. The Bertz CT molecular complexity index is 738. The van der Waals surface area contributed by atoms with Crippen molar-refractivity contribution in [2.75, 3.05) is 20.3 Å². The van der Waals surface area contributed by atoms with E-state index < -0.39 is 5.69 Å². The minimum Gasteiger partial charge on any atom is -0.383 e. The van der Waals surface area contributed by atoms with E-state index in [9.17, 15) is 9.59 Å². The molecule has 1 amide bonds. The van der Waals surface area contributed by atoms with Crippen LogP contribution in [-0.4, -0.2) is 36.1 Å². The number of nitrogens with zero attached hydrogens (tertiary/aromatic N) is 1. The standard InChI is InChI=1S/C16H19N3O3/c1-10-4-5-11(2)12(8-10)13-9-14(19-16(21)18-13)15(20)17-6-7-22-3/h4-5,8-9H,6-7H2,1-3H3,(H,17,20)(H,18,19,21). The zero-order valence-electron chi connectivity index (χ0n) is 12.9. The molecule has 0 saturated heterocycles. The monoisotopic (exact) mass is 301 g/mol. The van der Waals surface area contributed by atoms with E-state index in [1.165, 1.54) is 0 Å². The summed E-state index contributed by atoms with van der Waals surface area (Å²) in [4.78, 5) is 30.2. The van der Waals surface area contributed by atoms with E-state index in [0.29, 0.717) is 18.8 Å². The van der Waals surface area contributed by atoms with Crippen LogP contribution in [0.4, 0.5) is 0 Å². The fourth-order valence-corrected chi connectivity index (χ4v) is 2.09. The molecule has 0 bridgehead atoms. The van der Waals surface area contributed by atoms with Crippen LogP contribution in [0.3, 0.4) is 0 Å². The van der Waals surface area contributed by atoms with E-state index in [1.807, 2.05) is 32.0 Å². The van der Waals surface area contributed by atoms with Crippen molar-refractivity contribution >= 4 is 5.91 Å². The number of nitrogens with one attached hydrogen (secondary N) is 2. The van der Waals surface area contributed by atoms with Crippen LogP contribution in [0.5, 0.6) is 0 Å². The van der Waals surface area contributed by atoms with Gasteiger partial charge in [-0.05, 0) is 31.5 Å². The number of amides is 1. The number of benzene rings is 1. The van der Waals surface area contributed by atoms with Gasteiger partial charge in [-0.2, -0.15) is 4.98 Å². The number of hydrogen-bond donors (Lipinski definition) is 2. The minimum atomic E-state index is -0.546. The van der Waals surface area contributed by atoms with Crippen molar-refractivity contribution in [3.05, 3.63) is 51.6 Å². The number of carbonyl (C=O) groups is 1. The first-order valence-electron chi connectivity index (χ1n) is 6.97. The number of H-pyrrole nitrogens is 1. The molecule has 0 fully saturated rings. The van der Waals surface area contributed by atoms with Crippen molar-refractivity contribution < 1.29 is 9.53 Å². The molecule has 0 spiro atoms. The van der Waals surface area contributed by atoms with E-state index in [4.69, 9.17) is 4.74 Å². The quantitative estimate of drug-likeness (QED) is 0.818. The zero-order valence-corrected chi connectivity index (χ0v) is 12.9.